The second-order valence-electron chi connectivity index (χ2n) is 3.41. The van der Waals surface area contributed by atoms with Gasteiger partial charge in [-0.15, -0.1) is 0 Å². The average Bonchev–Trinajstić information content (AvgIpc) is 2.36. The van der Waals surface area contributed by atoms with Crippen LogP contribution in [0, 0.1) is 0 Å². The molecule has 0 spiro atoms. The summed E-state index contributed by atoms with van der Waals surface area (Å²) in [5, 5.41) is 8.71. The van der Waals surface area contributed by atoms with E-state index in [1.54, 1.807) is 0 Å². The molecular formula is C8H18N2O. The van der Waals surface area contributed by atoms with Crippen molar-refractivity contribution in [3.05, 3.63) is 0 Å². The van der Waals surface area contributed by atoms with Gasteiger partial charge in [-0.2, -0.15) is 0 Å². The van der Waals surface area contributed by atoms with Crippen LogP contribution in [0.3, 0.4) is 0 Å². The molecule has 0 amide bonds. The van der Waals surface area contributed by atoms with Gasteiger partial charge < -0.3 is 10.0 Å². The smallest absolute Gasteiger partial charge is 0.0558 e. The van der Waals surface area contributed by atoms with E-state index in [0.29, 0.717) is 6.04 Å². The van der Waals surface area contributed by atoms with E-state index in [4.69, 9.17) is 5.11 Å². The molecule has 1 rings (SSSR count). The van der Waals surface area contributed by atoms with Crippen molar-refractivity contribution in [2.24, 2.45) is 0 Å². The van der Waals surface area contributed by atoms with E-state index in [1.165, 1.54) is 13.0 Å². The fourth-order valence-electron chi connectivity index (χ4n) is 1.61. The van der Waals surface area contributed by atoms with Crippen LogP contribution in [0.5, 0.6) is 0 Å². The molecule has 3 heteroatoms. The van der Waals surface area contributed by atoms with Crippen molar-refractivity contribution < 1.29 is 5.11 Å². The Labute approximate surface area is 68.6 Å². The highest BCUT2D eigenvalue weighted by Crippen LogP contribution is 2.11. The molecule has 1 N–H and O–H groups in total. The van der Waals surface area contributed by atoms with Crippen molar-refractivity contribution in [3.8, 4) is 0 Å². The third-order valence-electron chi connectivity index (χ3n) is 2.44. The largest absolute Gasteiger partial charge is 0.395 e. The molecule has 0 aromatic rings. The summed E-state index contributed by atoms with van der Waals surface area (Å²) in [7, 11) is 4.23. The maximum absolute atomic E-state index is 8.71. The summed E-state index contributed by atoms with van der Waals surface area (Å²) in [6.45, 7) is 3.42. The number of likely N-dealkylation sites (N-methyl/N-ethyl adjacent to an activating group) is 2. The minimum absolute atomic E-state index is 0.275. The van der Waals surface area contributed by atoms with E-state index in [-0.39, 0.29) is 6.61 Å². The van der Waals surface area contributed by atoms with Crippen molar-refractivity contribution >= 4 is 0 Å². The number of hydrogen-bond acceptors (Lipinski definition) is 3. The predicted octanol–water partition coefficient (Wildman–Crippen LogP) is -0.385. The van der Waals surface area contributed by atoms with Gasteiger partial charge in [0, 0.05) is 19.1 Å². The molecule has 0 aliphatic carbocycles. The van der Waals surface area contributed by atoms with Gasteiger partial charge in [-0.25, -0.2) is 0 Å². The molecule has 1 aliphatic rings. The SMILES string of the molecule is CN1CCC(N(C)CCO)C1. The second-order valence-corrected chi connectivity index (χ2v) is 3.41. The zero-order chi connectivity index (χ0) is 8.27. The number of aliphatic hydroxyl groups excluding tert-OH is 1. The molecule has 1 atom stereocenters. The number of rotatable bonds is 3. The van der Waals surface area contributed by atoms with Crippen LogP contribution in [0.4, 0.5) is 0 Å². The van der Waals surface area contributed by atoms with Crippen LogP contribution in [0.2, 0.25) is 0 Å². The van der Waals surface area contributed by atoms with Gasteiger partial charge in [0.05, 0.1) is 6.61 Å². The van der Waals surface area contributed by atoms with Crippen molar-refractivity contribution in [3.63, 3.8) is 0 Å². The molecule has 1 heterocycles. The molecule has 3 nitrogen and oxygen atoms in total. The Morgan fingerprint density at radius 2 is 2.36 bits per heavy atom. The molecule has 0 aromatic carbocycles. The molecule has 66 valence electrons. The Bertz CT molecular complexity index is 119. The van der Waals surface area contributed by atoms with Crippen LogP contribution < -0.4 is 0 Å². The van der Waals surface area contributed by atoms with E-state index in [1.807, 2.05) is 0 Å². The minimum atomic E-state index is 0.275. The van der Waals surface area contributed by atoms with Gasteiger partial charge in [-0.3, -0.25) is 4.90 Å². The van der Waals surface area contributed by atoms with Crippen LogP contribution in [0.25, 0.3) is 0 Å². The average molecular weight is 158 g/mol. The molecule has 1 aliphatic heterocycles. The monoisotopic (exact) mass is 158 g/mol. The Kier molecular flexibility index (Phi) is 3.30. The number of nitrogens with zero attached hydrogens (tertiary/aromatic N) is 2. The number of hydrogen-bond donors (Lipinski definition) is 1. The van der Waals surface area contributed by atoms with Crippen molar-refractivity contribution in [1.82, 2.24) is 9.80 Å². The minimum Gasteiger partial charge on any atom is -0.395 e. The van der Waals surface area contributed by atoms with Gasteiger partial charge in [-0.05, 0) is 27.1 Å². The van der Waals surface area contributed by atoms with Gasteiger partial charge >= 0.3 is 0 Å². The van der Waals surface area contributed by atoms with E-state index < -0.39 is 0 Å². The third kappa shape index (κ3) is 2.43. The molecule has 11 heavy (non-hydrogen) atoms. The molecule has 0 radical (unpaired) electrons. The predicted molar refractivity (Wildman–Crippen MR) is 45.6 cm³/mol. The van der Waals surface area contributed by atoms with Crippen molar-refractivity contribution in [2.75, 3.05) is 40.3 Å². The quantitative estimate of drug-likeness (QED) is 0.606. The van der Waals surface area contributed by atoms with E-state index >= 15 is 0 Å². The van der Waals surface area contributed by atoms with Gasteiger partial charge in [0.1, 0.15) is 0 Å². The highest BCUT2D eigenvalue weighted by atomic mass is 16.3. The first-order valence-electron chi connectivity index (χ1n) is 4.23. The zero-order valence-electron chi connectivity index (χ0n) is 7.45. The molecule has 1 fully saturated rings. The highest BCUT2D eigenvalue weighted by Gasteiger charge is 2.22. The van der Waals surface area contributed by atoms with Gasteiger partial charge in [0.2, 0.25) is 0 Å². The van der Waals surface area contributed by atoms with E-state index in [2.05, 4.69) is 23.9 Å². The topological polar surface area (TPSA) is 26.7 Å². The summed E-state index contributed by atoms with van der Waals surface area (Å²) in [5.41, 5.74) is 0. The highest BCUT2D eigenvalue weighted by molar-refractivity contribution is 4.79. The van der Waals surface area contributed by atoms with Crippen molar-refractivity contribution in [1.29, 1.82) is 0 Å². The van der Waals surface area contributed by atoms with Gasteiger partial charge in [0.15, 0.2) is 0 Å². The fraction of sp³-hybridized carbons (Fsp3) is 1.00. The molecule has 0 bridgehead atoms. The fourth-order valence-corrected chi connectivity index (χ4v) is 1.61. The Morgan fingerprint density at radius 1 is 1.64 bits per heavy atom. The van der Waals surface area contributed by atoms with Crippen LogP contribution in [0.1, 0.15) is 6.42 Å². The summed E-state index contributed by atoms with van der Waals surface area (Å²) in [6, 6.07) is 0.659. The van der Waals surface area contributed by atoms with Crippen molar-refractivity contribution in [2.45, 2.75) is 12.5 Å². The van der Waals surface area contributed by atoms with Crippen LogP contribution in [0.15, 0.2) is 0 Å². The van der Waals surface area contributed by atoms with E-state index in [9.17, 15) is 0 Å². The summed E-state index contributed by atoms with van der Waals surface area (Å²) >= 11 is 0. The summed E-state index contributed by atoms with van der Waals surface area (Å²) in [6.07, 6.45) is 1.24. The van der Waals surface area contributed by atoms with Crippen LogP contribution in [-0.2, 0) is 0 Å². The first kappa shape index (κ1) is 8.97. The van der Waals surface area contributed by atoms with Crippen LogP contribution >= 0.6 is 0 Å². The Balaban J connectivity index is 2.25. The van der Waals surface area contributed by atoms with Crippen LogP contribution in [-0.4, -0.2) is 61.3 Å². The molecule has 0 aromatic heterocycles. The van der Waals surface area contributed by atoms with Gasteiger partial charge in [0.25, 0.3) is 0 Å². The standard InChI is InChI=1S/C8H18N2O/c1-9-4-3-8(7-9)10(2)5-6-11/h8,11H,3-7H2,1-2H3. The Hall–Kier alpha value is -0.120. The normalized spacial score (nSPS) is 26.7. The molecule has 0 saturated carbocycles. The maximum Gasteiger partial charge on any atom is 0.0558 e. The lowest BCUT2D eigenvalue weighted by atomic mass is 10.2. The molecule has 1 saturated heterocycles. The molecular weight excluding hydrogens is 140 g/mol. The summed E-state index contributed by atoms with van der Waals surface area (Å²) in [5.74, 6) is 0. The Morgan fingerprint density at radius 3 is 2.82 bits per heavy atom. The summed E-state index contributed by atoms with van der Waals surface area (Å²) in [4.78, 5) is 4.57. The van der Waals surface area contributed by atoms with Gasteiger partial charge in [-0.1, -0.05) is 0 Å². The second kappa shape index (κ2) is 4.04. The lowest BCUT2D eigenvalue weighted by Gasteiger charge is -2.22. The lowest BCUT2D eigenvalue weighted by molar-refractivity contribution is 0.181. The summed E-state index contributed by atoms with van der Waals surface area (Å²) < 4.78 is 0. The molecule has 1 unspecified atom stereocenters. The number of likely N-dealkylation sites (tertiary alicyclic amines) is 1. The third-order valence-corrected chi connectivity index (χ3v) is 2.44. The maximum atomic E-state index is 8.71. The first-order valence-corrected chi connectivity index (χ1v) is 4.23. The van der Waals surface area contributed by atoms with E-state index in [0.717, 1.165) is 13.1 Å². The lowest BCUT2D eigenvalue weighted by Crippen LogP contribution is -2.35. The number of aliphatic hydroxyl groups is 1. The zero-order valence-corrected chi connectivity index (χ0v) is 7.45. The first-order chi connectivity index (χ1) is 5.24.